The molecule has 2 aromatic rings. The van der Waals surface area contributed by atoms with Crippen molar-refractivity contribution in [1.82, 2.24) is 14.5 Å². The maximum atomic E-state index is 13.0. The summed E-state index contributed by atoms with van der Waals surface area (Å²) in [7, 11) is 0. The van der Waals surface area contributed by atoms with Gasteiger partial charge in [-0.2, -0.15) is 0 Å². The van der Waals surface area contributed by atoms with E-state index < -0.39 is 6.10 Å². The third-order valence-corrected chi connectivity index (χ3v) is 5.67. The minimum absolute atomic E-state index is 0.0238. The van der Waals surface area contributed by atoms with Crippen LogP contribution in [0.3, 0.4) is 0 Å². The van der Waals surface area contributed by atoms with Crippen molar-refractivity contribution in [3.05, 3.63) is 63.8 Å². The van der Waals surface area contributed by atoms with Crippen LogP contribution in [0.15, 0.2) is 41.6 Å². The van der Waals surface area contributed by atoms with Gasteiger partial charge in [-0.25, -0.2) is 4.98 Å². The van der Waals surface area contributed by atoms with Gasteiger partial charge < -0.3 is 9.64 Å². The number of ether oxygens (including phenoxy) is 1. The van der Waals surface area contributed by atoms with Gasteiger partial charge in [0.15, 0.2) is 6.10 Å². The van der Waals surface area contributed by atoms with Crippen LogP contribution >= 0.6 is 0 Å². The number of aromatic nitrogens is 2. The van der Waals surface area contributed by atoms with Gasteiger partial charge in [0.2, 0.25) is 0 Å². The van der Waals surface area contributed by atoms with E-state index in [1.54, 1.807) is 24.0 Å². The van der Waals surface area contributed by atoms with Gasteiger partial charge in [0, 0.05) is 31.4 Å². The number of likely N-dealkylation sites (tertiary alicyclic amines) is 1. The number of hydrogen-bond acceptors (Lipinski definition) is 4. The molecule has 1 unspecified atom stereocenters. The highest BCUT2D eigenvalue weighted by molar-refractivity contribution is 5.83. The van der Waals surface area contributed by atoms with E-state index in [2.05, 4.69) is 11.1 Å². The zero-order chi connectivity index (χ0) is 18.8. The van der Waals surface area contributed by atoms with Gasteiger partial charge in [-0.05, 0) is 43.2 Å². The fourth-order valence-corrected chi connectivity index (χ4v) is 4.07. The number of carbonyl (C=O) groups is 1. The summed E-state index contributed by atoms with van der Waals surface area (Å²) in [4.78, 5) is 31.2. The predicted octanol–water partition coefficient (Wildman–Crippen LogP) is 2.10. The molecule has 4 rings (SSSR count). The lowest BCUT2D eigenvalue weighted by atomic mass is 9.94. The number of carbonyl (C=O) groups excluding carboxylic acids is 1. The molecule has 3 heterocycles. The summed E-state index contributed by atoms with van der Waals surface area (Å²) in [5.41, 5.74) is 2.91. The summed E-state index contributed by atoms with van der Waals surface area (Å²) in [5, 5.41) is 0. The smallest absolute Gasteiger partial charge is 0.256 e. The normalized spacial score (nSPS) is 20.3. The summed E-state index contributed by atoms with van der Waals surface area (Å²) >= 11 is 0. The molecule has 6 heteroatoms. The molecule has 1 atom stereocenters. The van der Waals surface area contributed by atoms with Crippen molar-refractivity contribution < 1.29 is 9.53 Å². The van der Waals surface area contributed by atoms with Crippen molar-refractivity contribution in [2.75, 3.05) is 19.7 Å². The molecule has 0 aliphatic carbocycles. The number of amides is 1. The topological polar surface area (TPSA) is 64.4 Å². The Kier molecular flexibility index (Phi) is 5.07. The number of piperidine rings is 1. The molecule has 6 nitrogen and oxygen atoms in total. The van der Waals surface area contributed by atoms with E-state index in [-0.39, 0.29) is 11.5 Å². The highest BCUT2D eigenvalue weighted by Crippen LogP contribution is 2.30. The average molecular weight is 367 g/mol. The fraction of sp³-hybridized carbons (Fsp3) is 0.476. The third kappa shape index (κ3) is 3.67. The van der Waals surface area contributed by atoms with Crippen molar-refractivity contribution in [3.8, 4) is 0 Å². The molecule has 0 saturated carbocycles. The first-order chi connectivity index (χ1) is 13.1. The number of aryl methyl sites for hydroxylation is 1. The van der Waals surface area contributed by atoms with E-state index >= 15 is 0 Å². The molecule has 0 radical (unpaired) electrons. The van der Waals surface area contributed by atoms with Crippen molar-refractivity contribution in [2.24, 2.45) is 5.92 Å². The van der Waals surface area contributed by atoms with Gasteiger partial charge in [0.1, 0.15) is 0 Å². The van der Waals surface area contributed by atoms with Crippen LogP contribution in [-0.4, -0.2) is 40.1 Å². The van der Waals surface area contributed by atoms with Crippen molar-refractivity contribution in [1.29, 1.82) is 0 Å². The molecule has 1 amide bonds. The van der Waals surface area contributed by atoms with Gasteiger partial charge in [0.25, 0.3) is 11.5 Å². The summed E-state index contributed by atoms with van der Waals surface area (Å²) in [6.45, 7) is 4.46. The van der Waals surface area contributed by atoms with Crippen LogP contribution in [0.5, 0.6) is 0 Å². The molecule has 1 saturated heterocycles. The molecular formula is C21H25N3O3. The standard InChI is InChI=1S/C21H25N3O3/c1-15-12-22-14-24(20(15)25)13-16-6-9-23(10-7-16)21(26)19-18-5-3-2-4-17(18)8-11-27-19/h2-5,12,14,16,19H,6-11,13H2,1H3. The van der Waals surface area contributed by atoms with E-state index in [0.29, 0.717) is 37.7 Å². The van der Waals surface area contributed by atoms with Gasteiger partial charge in [-0.1, -0.05) is 24.3 Å². The van der Waals surface area contributed by atoms with Crippen LogP contribution in [0.1, 0.15) is 35.6 Å². The number of fused-ring (bicyclic) bond motifs is 1. The molecule has 0 N–H and O–H groups in total. The summed E-state index contributed by atoms with van der Waals surface area (Å²) in [5.74, 6) is 0.449. The van der Waals surface area contributed by atoms with Crippen LogP contribution in [-0.2, 0) is 22.5 Å². The number of hydrogen-bond donors (Lipinski definition) is 0. The monoisotopic (exact) mass is 367 g/mol. The van der Waals surface area contributed by atoms with E-state index in [1.807, 2.05) is 23.1 Å². The highest BCUT2D eigenvalue weighted by atomic mass is 16.5. The molecule has 1 aromatic carbocycles. The molecule has 142 valence electrons. The molecule has 1 aromatic heterocycles. The van der Waals surface area contributed by atoms with E-state index in [1.165, 1.54) is 5.56 Å². The first-order valence-corrected chi connectivity index (χ1v) is 9.62. The minimum atomic E-state index is -0.477. The zero-order valence-electron chi connectivity index (χ0n) is 15.6. The van der Waals surface area contributed by atoms with E-state index in [4.69, 9.17) is 4.74 Å². The lowest BCUT2D eigenvalue weighted by Gasteiger charge is -2.35. The van der Waals surface area contributed by atoms with Crippen molar-refractivity contribution in [3.63, 3.8) is 0 Å². The molecule has 2 aliphatic heterocycles. The predicted molar refractivity (Wildman–Crippen MR) is 101 cm³/mol. The lowest BCUT2D eigenvalue weighted by molar-refractivity contribution is -0.146. The van der Waals surface area contributed by atoms with Gasteiger partial charge in [-0.3, -0.25) is 14.2 Å². The SMILES string of the molecule is Cc1cncn(CC2CCN(C(=O)C3OCCc4ccccc43)CC2)c1=O. The van der Waals surface area contributed by atoms with E-state index in [9.17, 15) is 9.59 Å². The summed E-state index contributed by atoms with van der Waals surface area (Å²) < 4.78 is 7.52. The van der Waals surface area contributed by atoms with E-state index in [0.717, 1.165) is 24.8 Å². The Hall–Kier alpha value is -2.47. The van der Waals surface area contributed by atoms with Gasteiger partial charge in [-0.15, -0.1) is 0 Å². The second kappa shape index (κ2) is 7.64. The maximum Gasteiger partial charge on any atom is 0.256 e. The molecule has 27 heavy (non-hydrogen) atoms. The minimum Gasteiger partial charge on any atom is -0.363 e. The number of rotatable bonds is 3. The molecular weight excluding hydrogens is 342 g/mol. The van der Waals surface area contributed by atoms with Crippen LogP contribution in [0.4, 0.5) is 0 Å². The fourth-order valence-electron chi connectivity index (χ4n) is 4.07. The third-order valence-electron chi connectivity index (χ3n) is 5.67. The van der Waals surface area contributed by atoms with Crippen molar-refractivity contribution in [2.45, 2.75) is 38.8 Å². The Labute approximate surface area is 158 Å². The largest absolute Gasteiger partial charge is 0.363 e. The Bertz CT molecular complexity index is 884. The van der Waals surface area contributed by atoms with Crippen LogP contribution in [0.2, 0.25) is 0 Å². The Balaban J connectivity index is 1.39. The molecule has 0 bridgehead atoms. The second-order valence-corrected chi connectivity index (χ2v) is 7.50. The van der Waals surface area contributed by atoms with Crippen molar-refractivity contribution >= 4 is 5.91 Å². The van der Waals surface area contributed by atoms with Crippen LogP contribution in [0, 0.1) is 12.8 Å². The summed E-state index contributed by atoms with van der Waals surface area (Å²) in [6.07, 6.45) is 5.37. The Morgan fingerprint density at radius 3 is 2.85 bits per heavy atom. The maximum absolute atomic E-state index is 13.0. The second-order valence-electron chi connectivity index (χ2n) is 7.50. The first-order valence-electron chi connectivity index (χ1n) is 9.62. The first kappa shape index (κ1) is 17.9. The van der Waals surface area contributed by atoms with Crippen LogP contribution < -0.4 is 5.56 Å². The zero-order valence-corrected chi connectivity index (χ0v) is 15.6. The highest BCUT2D eigenvalue weighted by Gasteiger charge is 2.33. The molecule has 2 aliphatic rings. The van der Waals surface area contributed by atoms with Gasteiger partial charge in [0.05, 0.1) is 12.9 Å². The number of benzene rings is 1. The molecule has 0 spiro atoms. The summed E-state index contributed by atoms with van der Waals surface area (Å²) in [6, 6.07) is 8.06. The van der Waals surface area contributed by atoms with Crippen LogP contribution in [0.25, 0.3) is 0 Å². The van der Waals surface area contributed by atoms with Gasteiger partial charge >= 0.3 is 0 Å². The quantitative estimate of drug-likeness (QED) is 0.833. The Morgan fingerprint density at radius 1 is 1.26 bits per heavy atom. The molecule has 1 fully saturated rings. The average Bonchev–Trinajstić information content (AvgIpc) is 2.71. The Morgan fingerprint density at radius 2 is 2.04 bits per heavy atom. The number of nitrogens with zero attached hydrogens (tertiary/aromatic N) is 3. The lowest BCUT2D eigenvalue weighted by Crippen LogP contribution is -2.43.